The van der Waals surface area contributed by atoms with Crippen molar-refractivity contribution in [2.45, 2.75) is 6.61 Å². The first-order chi connectivity index (χ1) is 12.7. The number of morpholine rings is 1. The van der Waals surface area contributed by atoms with Crippen molar-refractivity contribution in [3.05, 3.63) is 70.3 Å². The number of fused-ring (bicyclic) bond motifs is 1. The standard InChI is InChI=1S/C20H19FN2O3/c21-15-7-5-14(6-8-15)13-26-19-16-3-1-2-4-17(16)22-20(24)18(19)23-9-11-25-12-10-23/h1-8H,9-13H2,(H,22,24). The van der Waals surface area contributed by atoms with E-state index in [4.69, 9.17) is 9.47 Å². The summed E-state index contributed by atoms with van der Waals surface area (Å²) in [6.07, 6.45) is 0. The van der Waals surface area contributed by atoms with Gasteiger partial charge in [-0.05, 0) is 29.8 Å². The molecule has 2 heterocycles. The molecular formula is C20H19FN2O3. The summed E-state index contributed by atoms with van der Waals surface area (Å²) in [6.45, 7) is 2.67. The number of hydrogen-bond donors (Lipinski definition) is 1. The lowest BCUT2D eigenvalue weighted by Gasteiger charge is -2.29. The third kappa shape index (κ3) is 3.28. The van der Waals surface area contributed by atoms with Crippen LogP contribution < -0.4 is 15.2 Å². The minimum absolute atomic E-state index is 0.181. The molecular weight excluding hydrogens is 335 g/mol. The van der Waals surface area contributed by atoms with Crippen LogP contribution in [0.1, 0.15) is 5.56 Å². The molecule has 0 bridgehead atoms. The number of para-hydroxylation sites is 1. The number of H-pyrrole nitrogens is 1. The molecule has 5 nitrogen and oxygen atoms in total. The van der Waals surface area contributed by atoms with E-state index in [0.29, 0.717) is 37.7 Å². The van der Waals surface area contributed by atoms with Gasteiger partial charge in [-0.2, -0.15) is 0 Å². The van der Waals surface area contributed by atoms with E-state index in [1.165, 1.54) is 12.1 Å². The third-order valence-corrected chi connectivity index (χ3v) is 4.47. The van der Waals surface area contributed by atoms with Crippen molar-refractivity contribution in [2.24, 2.45) is 0 Å². The predicted octanol–water partition coefficient (Wildman–Crippen LogP) is 3.08. The largest absolute Gasteiger partial charge is 0.486 e. The average molecular weight is 354 g/mol. The first kappa shape index (κ1) is 16.6. The summed E-state index contributed by atoms with van der Waals surface area (Å²) in [7, 11) is 0. The molecule has 0 atom stereocenters. The molecule has 0 amide bonds. The highest BCUT2D eigenvalue weighted by atomic mass is 19.1. The second kappa shape index (κ2) is 7.17. The Morgan fingerprint density at radius 2 is 1.81 bits per heavy atom. The normalized spacial score (nSPS) is 14.6. The van der Waals surface area contributed by atoms with Crippen molar-refractivity contribution in [1.82, 2.24) is 4.98 Å². The van der Waals surface area contributed by atoms with Gasteiger partial charge in [0.25, 0.3) is 5.56 Å². The molecule has 1 saturated heterocycles. The Morgan fingerprint density at radius 1 is 1.08 bits per heavy atom. The molecule has 0 aliphatic carbocycles. The summed E-state index contributed by atoms with van der Waals surface area (Å²) in [5.74, 6) is 0.264. The van der Waals surface area contributed by atoms with Crippen molar-refractivity contribution in [3.63, 3.8) is 0 Å². The number of pyridine rings is 1. The zero-order chi connectivity index (χ0) is 17.9. The van der Waals surface area contributed by atoms with Crippen LogP contribution in [0.2, 0.25) is 0 Å². The molecule has 1 aliphatic rings. The maximum atomic E-state index is 13.1. The zero-order valence-electron chi connectivity index (χ0n) is 14.2. The van der Waals surface area contributed by atoms with E-state index >= 15 is 0 Å². The summed E-state index contributed by atoms with van der Waals surface area (Å²) in [6, 6.07) is 13.7. The van der Waals surface area contributed by atoms with Gasteiger partial charge in [0.15, 0.2) is 5.75 Å². The van der Waals surface area contributed by atoms with Gasteiger partial charge in [0.05, 0.1) is 18.7 Å². The summed E-state index contributed by atoms with van der Waals surface area (Å²) < 4.78 is 24.6. The van der Waals surface area contributed by atoms with Crippen LogP contribution in [0.4, 0.5) is 10.1 Å². The molecule has 26 heavy (non-hydrogen) atoms. The Balaban J connectivity index is 1.76. The molecule has 0 spiro atoms. The fourth-order valence-corrected chi connectivity index (χ4v) is 3.16. The van der Waals surface area contributed by atoms with Crippen LogP contribution in [-0.4, -0.2) is 31.3 Å². The number of aromatic amines is 1. The molecule has 1 aliphatic heterocycles. The summed E-state index contributed by atoms with van der Waals surface area (Å²) in [5.41, 5.74) is 1.90. The van der Waals surface area contributed by atoms with Crippen LogP contribution in [0.15, 0.2) is 53.3 Å². The maximum Gasteiger partial charge on any atom is 0.275 e. The molecule has 134 valence electrons. The Morgan fingerprint density at radius 3 is 2.58 bits per heavy atom. The van der Waals surface area contributed by atoms with Gasteiger partial charge in [0.1, 0.15) is 18.1 Å². The SMILES string of the molecule is O=c1[nH]c2ccccc2c(OCc2ccc(F)cc2)c1N1CCOCC1. The van der Waals surface area contributed by atoms with E-state index in [9.17, 15) is 9.18 Å². The predicted molar refractivity (Wildman–Crippen MR) is 98.3 cm³/mol. The second-order valence-electron chi connectivity index (χ2n) is 6.19. The van der Waals surface area contributed by atoms with E-state index in [-0.39, 0.29) is 18.0 Å². The molecule has 1 N–H and O–H groups in total. The fourth-order valence-electron chi connectivity index (χ4n) is 3.16. The third-order valence-electron chi connectivity index (χ3n) is 4.47. The fraction of sp³-hybridized carbons (Fsp3) is 0.250. The van der Waals surface area contributed by atoms with Gasteiger partial charge in [-0.15, -0.1) is 0 Å². The van der Waals surface area contributed by atoms with Gasteiger partial charge >= 0.3 is 0 Å². The van der Waals surface area contributed by atoms with Crippen molar-refractivity contribution >= 4 is 16.6 Å². The lowest BCUT2D eigenvalue weighted by atomic mass is 10.1. The second-order valence-corrected chi connectivity index (χ2v) is 6.19. The van der Waals surface area contributed by atoms with Crippen LogP contribution in [0.5, 0.6) is 5.75 Å². The molecule has 0 radical (unpaired) electrons. The number of rotatable bonds is 4. The number of aromatic nitrogens is 1. The van der Waals surface area contributed by atoms with Gasteiger partial charge < -0.3 is 19.4 Å². The zero-order valence-corrected chi connectivity index (χ0v) is 14.2. The minimum Gasteiger partial charge on any atom is -0.486 e. The Bertz CT molecular complexity index is 963. The van der Waals surface area contributed by atoms with Crippen molar-refractivity contribution in [1.29, 1.82) is 0 Å². The summed E-state index contributed by atoms with van der Waals surface area (Å²) in [4.78, 5) is 17.7. The summed E-state index contributed by atoms with van der Waals surface area (Å²) >= 11 is 0. The van der Waals surface area contributed by atoms with Gasteiger partial charge in [0.2, 0.25) is 0 Å². The average Bonchev–Trinajstić information content (AvgIpc) is 2.67. The Hall–Kier alpha value is -2.86. The monoisotopic (exact) mass is 354 g/mol. The molecule has 4 rings (SSSR count). The van der Waals surface area contributed by atoms with Gasteiger partial charge in [-0.3, -0.25) is 4.79 Å². The van der Waals surface area contributed by atoms with E-state index in [0.717, 1.165) is 16.5 Å². The van der Waals surface area contributed by atoms with Crippen LogP contribution in [-0.2, 0) is 11.3 Å². The van der Waals surface area contributed by atoms with E-state index in [1.807, 2.05) is 29.2 Å². The lowest BCUT2D eigenvalue weighted by molar-refractivity contribution is 0.122. The van der Waals surface area contributed by atoms with E-state index in [1.54, 1.807) is 12.1 Å². The van der Waals surface area contributed by atoms with Gasteiger partial charge in [0, 0.05) is 18.5 Å². The van der Waals surface area contributed by atoms with Crippen LogP contribution in [0, 0.1) is 5.82 Å². The highest BCUT2D eigenvalue weighted by molar-refractivity contribution is 5.90. The number of halogens is 1. The molecule has 1 aromatic heterocycles. The van der Waals surface area contributed by atoms with Crippen LogP contribution in [0.3, 0.4) is 0 Å². The molecule has 2 aromatic carbocycles. The number of ether oxygens (including phenoxy) is 2. The first-order valence-electron chi connectivity index (χ1n) is 8.57. The van der Waals surface area contributed by atoms with Crippen molar-refractivity contribution in [2.75, 3.05) is 31.2 Å². The molecule has 6 heteroatoms. The highest BCUT2D eigenvalue weighted by Crippen LogP contribution is 2.33. The van der Waals surface area contributed by atoms with Crippen LogP contribution >= 0.6 is 0 Å². The number of nitrogens with zero attached hydrogens (tertiary/aromatic N) is 1. The lowest BCUT2D eigenvalue weighted by Crippen LogP contribution is -2.39. The number of nitrogens with one attached hydrogen (secondary N) is 1. The highest BCUT2D eigenvalue weighted by Gasteiger charge is 2.22. The smallest absolute Gasteiger partial charge is 0.275 e. The number of anilines is 1. The Kier molecular flexibility index (Phi) is 4.58. The molecule has 0 unspecified atom stereocenters. The molecule has 0 saturated carbocycles. The van der Waals surface area contributed by atoms with E-state index in [2.05, 4.69) is 4.98 Å². The molecule has 1 fully saturated rings. The van der Waals surface area contributed by atoms with Gasteiger partial charge in [-0.1, -0.05) is 24.3 Å². The Labute approximate surface area is 150 Å². The van der Waals surface area contributed by atoms with Crippen molar-refractivity contribution < 1.29 is 13.9 Å². The van der Waals surface area contributed by atoms with Gasteiger partial charge in [-0.25, -0.2) is 4.39 Å². The summed E-state index contributed by atoms with van der Waals surface area (Å²) in [5, 5.41) is 0.843. The first-order valence-corrected chi connectivity index (χ1v) is 8.57. The van der Waals surface area contributed by atoms with Crippen LogP contribution in [0.25, 0.3) is 10.9 Å². The van der Waals surface area contributed by atoms with E-state index < -0.39 is 0 Å². The number of hydrogen-bond acceptors (Lipinski definition) is 4. The molecule has 3 aromatic rings. The maximum absolute atomic E-state index is 13.1. The van der Waals surface area contributed by atoms with Crippen molar-refractivity contribution in [3.8, 4) is 5.75 Å². The number of benzene rings is 2. The quantitative estimate of drug-likeness (QED) is 0.782. The topological polar surface area (TPSA) is 54.6 Å². The minimum atomic E-state index is -0.288.